The summed E-state index contributed by atoms with van der Waals surface area (Å²) in [6, 6.07) is 6.09. The van der Waals surface area contributed by atoms with Crippen molar-refractivity contribution in [2.45, 2.75) is 13.8 Å². The predicted octanol–water partition coefficient (Wildman–Crippen LogP) is 2.33. The second-order valence-electron chi connectivity index (χ2n) is 2.57. The number of hydrogen-bond acceptors (Lipinski definition) is 2. The predicted molar refractivity (Wildman–Crippen MR) is 49.1 cm³/mol. The molecule has 0 aliphatic carbocycles. The molecule has 0 aromatic heterocycles. The Hall–Kier alpha value is -1.31. The Morgan fingerprint density at radius 3 is 2.55 bits per heavy atom. The fourth-order valence-electron chi connectivity index (χ4n) is 0.902. The minimum atomic E-state index is 0.989. The molecule has 2 heteroatoms. The lowest BCUT2D eigenvalue weighted by molar-refractivity contribution is 1.30. The molecule has 1 N–H and O–H groups in total. The molecular formula is C9H12N2. The van der Waals surface area contributed by atoms with Crippen LogP contribution < -0.4 is 5.43 Å². The van der Waals surface area contributed by atoms with E-state index in [0.29, 0.717) is 0 Å². The first-order chi connectivity index (χ1) is 5.24. The van der Waals surface area contributed by atoms with Crippen LogP contribution in [0, 0.1) is 13.8 Å². The molecule has 2 nitrogen and oxygen atoms in total. The van der Waals surface area contributed by atoms with E-state index in [4.69, 9.17) is 0 Å². The van der Waals surface area contributed by atoms with Crippen LogP contribution >= 0.6 is 0 Å². The van der Waals surface area contributed by atoms with Gasteiger partial charge in [0.25, 0.3) is 0 Å². The number of hydrazone groups is 1. The van der Waals surface area contributed by atoms with Gasteiger partial charge in [0.2, 0.25) is 0 Å². The number of nitrogens with one attached hydrogen (secondary N) is 1. The van der Waals surface area contributed by atoms with Crippen molar-refractivity contribution >= 4 is 12.4 Å². The minimum Gasteiger partial charge on any atom is -0.279 e. The Balaban J connectivity index is 2.95. The van der Waals surface area contributed by atoms with Gasteiger partial charge in [-0.25, -0.2) is 0 Å². The molecule has 1 aromatic carbocycles. The highest BCUT2D eigenvalue weighted by atomic mass is 15.3. The molecule has 0 aliphatic heterocycles. The van der Waals surface area contributed by atoms with Crippen molar-refractivity contribution in [3.63, 3.8) is 0 Å². The summed E-state index contributed by atoms with van der Waals surface area (Å²) in [4.78, 5) is 0. The maximum atomic E-state index is 3.58. The molecule has 58 valence electrons. The summed E-state index contributed by atoms with van der Waals surface area (Å²) in [5.74, 6) is 0. The standard InChI is InChI=1S/C9H12N2/c1-7-4-5-9(11-10-3)6-8(7)2/h4-6,11H,3H2,1-2H3. The van der Waals surface area contributed by atoms with Gasteiger partial charge in [0, 0.05) is 6.72 Å². The molecule has 0 amide bonds. The third-order valence-electron chi connectivity index (χ3n) is 1.72. The van der Waals surface area contributed by atoms with Crippen LogP contribution in [0.4, 0.5) is 5.69 Å². The third kappa shape index (κ3) is 1.80. The van der Waals surface area contributed by atoms with E-state index in [1.54, 1.807) is 0 Å². The number of aryl methyl sites for hydroxylation is 2. The van der Waals surface area contributed by atoms with Gasteiger partial charge in [0.05, 0.1) is 5.69 Å². The van der Waals surface area contributed by atoms with Gasteiger partial charge in [0.15, 0.2) is 0 Å². The summed E-state index contributed by atoms with van der Waals surface area (Å²) in [6.07, 6.45) is 0. The monoisotopic (exact) mass is 148 g/mol. The van der Waals surface area contributed by atoms with Crippen molar-refractivity contribution in [1.82, 2.24) is 0 Å². The first-order valence-electron chi connectivity index (χ1n) is 3.53. The van der Waals surface area contributed by atoms with Gasteiger partial charge in [-0.3, -0.25) is 5.43 Å². The van der Waals surface area contributed by atoms with E-state index in [9.17, 15) is 0 Å². The fourth-order valence-corrected chi connectivity index (χ4v) is 0.902. The topological polar surface area (TPSA) is 24.4 Å². The first-order valence-corrected chi connectivity index (χ1v) is 3.53. The molecule has 0 saturated carbocycles. The molecule has 0 radical (unpaired) electrons. The average Bonchev–Trinajstić information content (AvgIpc) is 1.98. The Kier molecular flexibility index (Phi) is 2.26. The van der Waals surface area contributed by atoms with Gasteiger partial charge < -0.3 is 0 Å². The fraction of sp³-hybridized carbons (Fsp3) is 0.222. The molecule has 0 spiro atoms. The maximum Gasteiger partial charge on any atom is 0.0564 e. The number of anilines is 1. The number of rotatable bonds is 2. The van der Waals surface area contributed by atoms with Gasteiger partial charge in [0.1, 0.15) is 0 Å². The zero-order valence-corrected chi connectivity index (χ0v) is 6.89. The summed E-state index contributed by atoms with van der Waals surface area (Å²) < 4.78 is 0. The molecule has 1 rings (SSSR count). The van der Waals surface area contributed by atoms with Crippen molar-refractivity contribution < 1.29 is 0 Å². The lowest BCUT2D eigenvalue weighted by Gasteiger charge is -2.02. The van der Waals surface area contributed by atoms with Gasteiger partial charge >= 0.3 is 0 Å². The van der Waals surface area contributed by atoms with Crippen LogP contribution in [0.5, 0.6) is 0 Å². The highest BCUT2D eigenvalue weighted by Crippen LogP contribution is 2.13. The lowest BCUT2D eigenvalue weighted by Crippen LogP contribution is -1.88. The lowest BCUT2D eigenvalue weighted by atomic mass is 10.1. The third-order valence-corrected chi connectivity index (χ3v) is 1.72. The SMILES string of the molecule is C=NNc1ccc(C)c(C)c1. The second-order valence-corrected chi connectivity index (χ2v) is 2.57. The summed E-state index contributed by atoms with van der Waals surface area (Å²) in [7, 11) is 0. The Morgan fingerprint density at radius 2 is 2.00 bits per heavy atom. The second kappa shape index (κ2) is 3.19. The van der Waals surface area contributed by atoms with Crippen LogP contribution in [0.15, 0.2) is 23.3 Å². The Bertz CT molecular complexity index is 266. The van der Waals surface area contributed by atoms with Crippen LogP contribution in [-0.2, 0) is 0 Å². The summed E-state index contributed by atoms with van der Waals surface area (Å²) in [5.41, 5.74) is 6.33. The number of nitrogens with zero attached hydrogens (tertiary/aromatic N) is 1. The van der Waals surface area contributed by atoms with Gasteiger partial charge in [-0.15, -0.1) is 0 Å². The quantitative estimate of drug-likeness (QED) is 0.505. The molecule has 0 heterocycles. The van der Waals surface area contributed by atoms with Gasteiger partial charge in [-0.2, -0.15) is 5.10 Å². The maximum absolute atomic E-state index is 3.58. The van der Waals surface area contributed by atoms with Gasteiger partial charge in [-0.05, 0) is 37.1 Å². The minimum absolute atomic E-state index is 0.989. The Morgan fingerprint density at radius 1 is 1.27 bits per heavy atom. The summed E-state index contributed by atoms with van der Waals surface area (Å²) in [5, 5.41) is 3.58. The zero-order chi connectivity index (χ0) is 8.27. The summed E-state index contributed by atoms with van der Waals surface area (Å²) >= 11 is 0. The van der Waals surface area contributed by atoms with Crippen molar-refractivity contribution in [2.24, 2.45) is 5.10 Å². The van der Waals surface area contributed by atoms with Crippen LogP contribution in [0.3, 0.4) is 0 Å². The molecule has 0 atom stereocenters. The van der Waals surface area contributed by atoms with Crippen LogP contribution in [0.1, 0.15) is 11.1 Å². The van der Waals surface area contributed by atoms with Crippen LogP contribution in [0.25, 0.3) is 0 Å². The molecule has 1 aromatic rings. The molecule has 0 aliphatic rings. The largest absolute Gasteiger partial charge is 0.279 e. The van der Waals surface area contributed by atoms with Crippen LogP contribution in [-0.4, -0.2) is 6.72 Å². The van der Waals surface area contributed by atoms with E-state index in [2.05, 4.69) is 37.2 Å². The normalized spacial score (nSPS) is 9.27. The van der Waals surface area contributed by atoms with E-state index in [0.717, 1.165) is 5.69 Å². The molecule has 0 bridgehead atoms. The van der Waals surface area contributed by atoms with Crippen molar-refractivity contribution in [2.75, 3.05) is 5.43 Å². The smallest absolute Gasteiger partial charge is 0.0564 e. The molecule has 11 heavy (non-hydrogen) atoms. The highest BCUT2D eigenvalue weighted by molar-refractivity contribution is 5.48. The van der Waals surface area contributed by atoms with E-state index in [1.165, 1.54) is 11.1 Å². The van der Waals surface area contributed by atoms with Crippen molar-refractivity contribution in [3.8, 4) is 0 Å². The number of hydrogen-bond donors (Lipinski definition) is 1. The highest BCUT2D eigenvalue weighted by Gasteiger charge is 1.92. The van der Waals surface area contributed by atoms with Crippen LogP contribution in [0.2, 0.25) is 0 Å². The van der Waals surface area contributed by atoms with Gasteiger partial charge in [-0.1, -0.05) is 6.07 Å². The van der Waals surface area contributed by atoms with Crippen molar-refractivity contribution in [3.05, 3.63) is 29.3 Å². The zero-order valence-electron chi connectivity index (χ0n) is 6.89. The molecule has 0 fully saturated rings. The van der Waals surface area contributed by atoms with E-state index >= 15 is 0 Å². The average molecular weight is 148 g/mol. The Labute approximate surface area is 66.9 Å². The van der Waals surface area contributed by atoms with Crippen molar-refractivity contribution in [1.29, 1.82) is 0 Å². The molecule has 0 unspecified atom stereocenters. The first kappa shape index (κ1) is 7.79. The summed E-state index contributed by atoms with van der Waals surface area (Å²) in [6.45, 7) is 7.50. The molecule has 0 saturated heterocycles. The van der Waals surface area contributed by atoms with E-state index < -0.39 is 0 Å². The number of benzene rings is 1. The molecular weight excluding hydrogens is 136 g/mol. The van der Waals surface area contributed by atoms with E-state index in [-0.39, 0.29) is 0 Å². The van der Waals surface area contributed by atoms with E-state index in [1.807, 2.05) is 12.1 Å².